The topological polar surface area (TPSA) is 120 Å². The van der Waals surface area contributed by atoms with Crippen molar-refractivity contribution in [3.05, 3.63) is 46.7 Å². The van der Waals surface area contributed by atoms with Crippen LogP contribution in [0.1, 0.15) is 72.5 Å². The Kier molecular flexibility index (Phi) is 3.99. The van der Waals surface area contributed by atoms with E-state index in [0.29, 0.717) is 34.9 Å². The van der Waals surface area contributed by atoms with Gasteiger partial charge in [-0.2, -0.15) is 4.98 Å². The second kappa shape index (κ2) is 6.62. The lowest BCUT2D eigenvalue weighted by atomic mass is 9.86. The van der Waals surface area contributed by atoms with Crippen molar-refractivity contribution in [3.63, 3.8) is 0 Å². The Morgan fingerprint density at radius 3 is 2.73 bits per heavy atom. The van der Waals surface area contributed by atoms with E-state index in [1.807, 2.05) is 10.6 Å². The molecule has 4 heterocycles. The molecule has 1 atom stereocenters. The van der Waals surface area contributed by atoms with Crippen LogP contribution in [0.15, 0.2) is 22.7 Å². The van der Waals surface area contributed by atoms with Crippen LogP contribution in [0.4, 0.5) is 4.39 Å². The van der Waals surface area contributed by atoms with Gasteiger partial charge in [-0.05, 0) is 56.4 Å². The van der Waals surface area contributed by atoms with Gasteiger partial charge in [0.25, 0.3) is 11.8 Å². The summed E-state index contributed by atoms with van der Waals surface area (Å²) in [5.74, 6) is 5.70. The number of carbonyl (C=O) groups is 1. The summed E-state index contributed by atoms with van der Waals surface area (Å²) in [7, 11) is 0. The third-order valence-electron chi connectivity index (χ3n) is 6.08. The number of aromatic nitrogens is 4. The number of imidazole rings is 1. The summed E-state index contributed by atoms with van der Waals surface area (Å²) < 4.78 is 22.3. The number of carbonyl (C=O) groups excluding carboxylic acids is 1. The average Bonchev–Trinajstić information content (AvgIpc) is 3.37. The summed E-state index contributed by atoms with van der Waals surface area (Å²) in [6, 6.07) is 2.92. The predicted molar refractivity (Wildman–Crippen MR) is 116 cm³/mol. The lowest BCUT2D eigenvalue weighted by molar-refractivity contribution is 0.0996. The molecular weight excluding hydrogens is 425 g/mol. The van der Waals surface area contributed by atoms with Crippen molar-refractivity contribution in [2.75, 3.05) is 0 Å². The fraction of sp³-hybridized carbons (Fsp3) is 0.333. The van der Waals surface area contributed by atoms with E-state index in [1.165, 1.54) is 19.9 Å². The molecule has 0 radical (unpaired) electrons. The summed E-state index contributed by atoms with van der Waals surface area (Å²) in [6.45, 7) is 3.05. The first-order valence-electron chi connectivity index (χ1n) is 10.8. The fourth-order valence-electron chi connectivity index (χ4n) is 4.29. The van der Waals surface area contributed by atoms with Gasteiger partial charge in [0.1, 0.15) is 22.9 Å². The van der Waals surface area contributed by atoms with E-state index in [1.54, 1.807) is 6.07 Å². The maximum Gasteiger partial charge on any atom is 0.277 e. The van der Waals surface area contributed by atoms with Crippen molar-refractivity contribution in [1.29, 1.82) is 0 Å². The molecule has 0 spiro atoms. The second-order valence-electron chi connectivity index (χ2n) is 9.25. The van der Waals surface area contributed by atoms with Crippen molar-refractivity contribution < 1.29 is 18.8 Å². The molecule has 1 fully saturated rings. The predicted octanol–water partition coefficient (Wildman–Crippen LogP) is 3.18. The molecule has 166 valence electrons. The summed E-state index contributed by atoms with van der Waals surface area (Å²) in [5, 5.41) is 14.0. The van der Waals surface area contributed by atoms with Crippen LogP contribution in [0.3, 0.4) is 0 Å². The molecule has 1 amide bonds. The van der Waals surface area contributed by atoms with Crippen LogP contribution >= 0.6 is 0 Å². The minimum Gasteiger partial charge on any atom is -0.378 e. The van der Waals surface area contributed by atoms with Crippen LogP contribution in [0, 0.1) is 17.7 Å². The highest BCUT2D eigenvalue weighted by Gasteiger charge is 2.39. The van der Waals surface area contributed by atoms with Gasteiger partial charge in [0, 0.05) is 11.5 Å². The van der Waals surface area contributed by atoms with Crippen molar-refractivity contribution in [2.45, 2.75) is 50.7 Å². The van der Waals surface area contributed by atoms with E-state index in [9.17, 15) is 14.3 Å². The SMILES string of the molecule is CC(C)(O)C#Cc1cc2c(cc1F)C1=CC(C1)n1c-2nc(C(N)=O)c1-c1nc(C2CC2)no1. The largest absolute Gasteiger partial charge is 0.378 e. The zero-order valence-electron chi connectivity index (χ0n) is 18.0. The number of allylic oxidation sites excluding steroid dienone is 2. The lowest BCUT2D eigenvalue weighted by Crippen LogP contribution is -2.17. The van der Waals surface area contributed by atoms with Gasteiger partial charge in [-0.3, -0.25) is 4.79 Å². The second-order valence-corrected chi connectivity index (χ2v) is 9.25. The van der Waals surface area contributed by atoms with Crippen molar-refractivity contribution in [2.24, 2.45) is 5.73 Å². The number of rotatable bonds is 3. The minimum atomic E-state index is -1.27. The van der Waals surface area contributed by atoms with Crippen molar-refractivity contribution in [3.8, 4) is 34.8 Å². The molecule has 7 rings (SSSR count). The Balaban J connectivity index is 1.58. The van der Waals surface area contributed by atoms with E-state index in [2.05, 4.69) is 27.0 Å². The third-order valence-corrected chi connectivity index (χ3v) is 6.08. The average molecular weight is 445 g/mol. The number of benzene rings is 1. The molecule has 3 aromatic rings. The Morgan fingerprint density at radius 1 is 1.30 bits per heavy atom. The molecule has 0 saturated heterocycles. The molecule has 8 nitrogen and oxygen atoms in total. The van der Waals surface area contributed by atoms with Gasteiger partial charge in [-0.1, -0.05) is 23.1 Å². The molecule has 2 aliphatic carbocycles. The van der Waals surface area contributed by atoms with E-state index < -0.39 is 17.3 Å². The smallest absolute Gasteiger partial charge is 0.277 e. The van der Waals surface area contributed by atoms with Crippen LogP contribution in [-0.2, 0) is 0 Å². The Hall–Kier alpha value is -3.77. The standard InChI is InChI=1S/C24H20FN5O3/c1-24(2,32)6-5-12-9-16-15(10-17(12)25)13-7-14(8-13)30-19(18(20(26)31)27-22(16)30)23-28-21(29-33-23)11-3-4-11/h7,9-11,14,32H,3-4,8H2,1-2H3,(H2,26,31). The van der Waals surface area contributed by atoms with Crippen LogP contribution in [-0.4, -0.2) is 36.3 Å². The van der Waals surface area contributed by atoms with Gasteiger partial charge in [0.2, 0.25) is 0 Å². The molecular formula is C24H20FN5O3. The summed E-state index contributed by atoms with van der Waals surface area (Å²) >= 11 is 0. The monoisotopic (exact) mass is 445 g/mol. The number of amides is 1. The fourth-order valence-corrected chi connectivity index (χ4v) is 4.29. The van der Waals surface area contributed by atoms with Crippen LogP contribution < -0.4 is 5.73 Å². The first kappa shape index (κ1) is 19.9. The molecule has 2 aromatic heterocycles. The number of primary amides is 1. The maximum absolute atomic E-state index is 14.9. The normalized spacial score (nSPS) is 18.3. The van der Waals surface area contributed by atoms with Gasteiger partial charge >= 0.3 is 0 Å². The van der Waals surface area contributed by atoms with E-state index in [0.717, 1.165) is 18.4 Å². The molecule has 2 aliphatic heterocycles. The summed E-state index contributed by atoms with van der Waals surface area (Å²) in [5.41, 5.74) is 7.23. The van der Waals surface area contributed by atoms with Crippen LogP contribution in [0.25, 0.3) is 28.5 Å². The molecule has 3 N–H and O–H groups in total. The van der Waals surface area contributed by atoms with Crippen molar-refractivity contribution >= 4 is 11.5 Å². The molecule has 1 unspecified atom stereocenters. The molecule has 33 heavy (non-hydrogen) atoms. The lowest BCUT2D eigenvalue weighted by Gasteiger charge is -2.25. The highest BCUT2D eigenvalue weighted by atomic mass is 19.1. The van der Waals surface area contributed by atoms with Gasteiger partial charge < -0.3 is 19.9 Å². The number of halogens is 1. The third kappa shape index (κ3) is 3.17. The molecule has 1 aromatic carbocycles. The van der Waals surface area contributed by atoms with E-state index in [-0.39, 0.29) is 29.1 Å². The maximum atomic E-state index is 14.9. The summed E-state index contributed by atoms with van der Waals surface area (Å²) in [6.07, 6.45) is 4.66. The minimum absolute atomic E-state index is 0.0270. The van der Waals surface area contributed by atoms with Gasteiger partial charge in [-0.25, -0.2) is 9.37 Å². The van der Waals surface area contributed by atoms with Gasteiger partial charge in [-0.15, -0.1) is 0 Å². The first-order valence-corrected chi connectivity index (χ1v) is 10.8. The number of hydrogen-bond donors (Lipinski definition) is 2. The summed E-state index contributed by atoms with van der Waals surface area (Å²) in [4.78, 5) is 21.4. The highest BCUT2D eigenvalue weighted by Crippen LogP contribution is 2.50. The Labute approximate surface area is 188 Å². The Morgan fingerprint density at radius 2 is 2.06 bits per heavy atom. The Bertz CT molecular complexity index is 1440. The van der Waals surface area contributed by atoms with E-state index in [4.69, 9.17) is 10.3 Å². The van der Waals surface area contributed by atoms with E-state index >= 15 is 0 Å². The van der Waals surface area contributed by atoms with Crippen LogP contribution in [0.5, 0.6) is 0 Å². The van der Waals surface area contributed by atoms with Crippen LogP contribution in [0.2, 0.25) is 0 Å². The molecule has 1 saturated carbocycles. The highest BCUT2D eigenvalue weighted by molar-refractivity contribution is 5.98. The van der Waals surface area contributed by atoms with Gasteiger partial charge in [0.05, 0.1) is 11.6 Å². The number of nitrogens with two attached hydrogens (primary N) is 1. The molecule has 2 bridgehead atoms. The zero-order valence-corrected chi connectivity index (χ0v) is 18.0. The first-order chi connectivity index (χ1) is 15.7. The quantitative estimate of drug-likeness (QED) is 0.598. The number of nitrogens with zero attached hydrogens (tertiary/aromatic N) is 4. The number of hydrogen-bond acceptors (Lipinski definition) is 6. The molecule has 4 aliphatic rings. The van der Waals surface area contributed by atoms with Crippen molar-refractivity contribution in [1.82, 2.24) is 19.7 Å². The number of aliphatic hydroxyl groups is 1. The molecule has 9 heteroatoms. The zero-order chi connectivity index (χ0) is 23.1. The van der Waals surface area contributed by atoms with Gasteiger partial charge in [0.15, 0.2) is 11.5 Å².